The van der Waals surface area contributed by atoms with Gasteiger partial charge in [-0.25, -0.2) is 0 Å². The van der Waals surface area contributed by atoms with Gasteiger partial charge in [-0.15, -0.1) is 12.4 Å². The Balaban J connectivity index is 0.00000245. The molecule has 1 heterocycles. The van der Waals surface area contributed by atoms with Gasteiger partial charge >= 0.3 is 0 Å². The molecule has 162 valence electrons. The number of halogens is 1. The van der Waals surface area contributed by atoms with E-state index in [1.165, 1.54) is 33.4 Å². The van der Waals surface area contributed by atoms with Gasteiger partial charge in [-0.1, -0.05) is 109 Å². The highest BCUT2D eigenvalue weighted by atomic mass is 35.5. The van der Waals surface area contributed by atoms with Gasteiger partial charge in [-0.3, -0.25) is 0 Å². The quantitative estimate of drug-likeness (QED) is 0.316. The highest BCUT2D eigenvalue weighted by molar-refractivity contribution is 5.94. The normalized spacial score (nSPS) is 15.8. The number of rotatable bonds is 4. The Hall–Kier alpha value is -2.87. The van der Waals surface area contributed by atoms with E-state index in [1.54, 1.807) is 5.57 Å². The second-order valence-electron chi connectivity index (χ2n) is 8.43. The first-order chi connectivity index (χ1) is 15.4. The lowest BCUT2D eigenvalue weighted by atomic mass is 9.86. The Labute approximate surface area is 198 Å². The summed E-state index contributed by atoms with van der Waals surface area (Å²) in [4.78, 5) is 2.62. The van der Waals surface area contributed by atoms with Crippen LogP contribution in [0.15, 0.2) is 90.5 Å². The SMILES string of the molecule is C1=Cc2ccccc2C(=C2CCN(CC/C=C/c3ccccc3)CC2)c2ccccc21.Cl. The topological polar surface area (TPSA) is 3.24 Å². The maximum Gasteiger partial charge on any atom is 0.00192 e. The van der Waals surface area contributed by atoms with Crippen LogP contribution in [0.2, 0.25) is 0 Å². The Kier molecular flexibility index (Phi) is 7.42. The first-order valence-corrected chi connectivity index (χ1v) is 11.4. The monoisotopic (exact) mass is 439 g/mol. The Bertz CT molecular complexity index is 1080. The van der Waals surface area contributed by atoms with Gasteiger partial charge in [0.15, 0.2) is 0 Å². The number of benzene rings is 3. The van der Waals surface area contributed by atoms with Crippen molar-refractivity contribution in [1.29, 1.82) is 0 Å². The number of nitrogens with zero attached hydrogens (tertiary/aromatic N) is 1. The molecule has 1 nitrogen and oxygen atoms in total. The van der Waals surface area contributed by atoms with Gasteiger partial charge < -0.3 is 4.90 Å². The van der Waals surface area contributed by atoms with Gasteiger partial charge in [-0.05, 0) is 52.7 Å². The number of hydrogen-bond donors (Lipinski definition) is 0. The molecule has 0 unspecified atom stereocenters. The second kappa shape index (κ2) is 10.6. The smallest absolute Gasteiger partial charge is 0.00192 e. The standard InChI is InChI=1S/C30H29N.ClH/c1-2-10-24(11-3-1)12-8-9-21-31-22-19-27(20-23-31)30-28-15-6-4-13-25(28)17-18-26-14-5-7-16-29(26)30;/h1-8,10-18H,9,19-23H2;1H/b12-8+;. The van der Waals surface area contributed by atoms with Crippen LogP contribution in [0.4, 0.5) is 0 Å². The third-order valence-corrected chi connectivity index (χ3v) is 6.44. The second-order valence-corrected chi connectivity index (χ2v) is 8.43. The molecule has 3 aromatic carbocycles. The van der Waals surface area contributed by atoms with Crippen molar-refractivity contribution < 1.29 is 0 Å². The minimum atomic E-state index is 0. The van der Waals surface area contributed by atoms with Crippen LogP contribution in [0.1, 0.15) is 47.1 Å². The van der Waals surface area contributed by atoms with E-state index >= 15 is 0 Å². The fourth-order valence-corrected chi connectivity index (χ4v) is 4.78. The highest BCUT2D eigenvalue weighted by Crippen LogP contribution is 2.38. The largest absolute Gasteiger partial charge is 0.302 e. The molecule has 0 N–H and O–H groups in total. The van der Waals surface area contributed by atoms with E-state index in [0.29, 0.717) is 0 Å². The molecule has 0 aromatic heterocycles. The summed E-state index contributed by atoms with van der Waals surface area (Å²) in [6.07, 6.45) is 12.5. The summed E-state index contributed by atoms with van der Waals surface area (Å²) in [6.45, 7) is 3.44. The van der Waals surface area contributed by atoms with Gasteiger partial charge in [0.2, 0.25) is 0 Å². The highest BCUT2D eigenvalue weighted by Gasteiger charge is 2.22. The molecule has 2 aliphatic rings. The molecule has 1 aliphatic carbocycles. The predicted octanol–water partition coefficient (Wildman–Crippen LogP) is 7.59. The van der Waals surface area contributed by atoms with Crippen molar-refractivity contribution in [3.05, 3.63) is 118 Å². The van der Waals surface area contributed by atoms with Crippen molar-refractivity contribution in [2.45, 2.75) is 19.3 Å². The van der Waals surface area contributed by atoms with Crippen molar-refractivity contribution in [3.8, 4) is 0 Å². The summed E-state index contributed by atoms with van der Waals surface area (Å²) in [5, 5.41) is 0. The van der Waals surface area contributed by atoms with Crippen LogP contribution in [-0.2, 0) is 0 Å². The molecular formula is C30H30ClN. The van der Waals surface area contributed by atoms with Crippen LogP contribution in [0.3, 0.4) is 0 Å². The van der Waals surface area contributed by atoms with E-state index in [1.807, 2.05) is 0 Å². The van der Waals surface area contributed by atoms with Crippen molar-refractivity contribution >= 4 is 36.2 Å². The van der Waals surface area contributed by atoms with Crippen LogP contribution >= 0.6 is 12.4 Å². The summed E-state index contributed by atoms with van der Waals surface area (Å²) in [6, 6.07) is 28.3. The van der Waals surface area contributed by atoms with E-state index in [-0.39, 0.29) is 12.4 Å². The van der Waals surface area contributed by atoms with Gasteiger partial charge in [0.05, 0.1) is 0 Å². The molecule has 0 atom stereocenters. The molecule has 1 fully saturated rings. The average molecular weight is 440 g/mol. The summed E-state index contributed by atoms with van der Waals surface area (Å²) in [5.74, 6) is 0. The van der Waals surface area contributed by atoms with Crippen molar-refractivity contribution in [1.82, 2.24) is 4.90 Å². The number of hydrogen-bond acceptors (Lipinski definition) is 1. The van der Waals surface area contributed by atoms with Gasteiger partial charge in [-0.2, -0.15) is 0 Å². The first-order valence-electron chi connectivity index (χ1n) is 11.4. The summed E-state index contributed by atoms with van der Waals surface area (Å²) in [5.41, 5.74) is 9.80. The number of likely N-dealkylation sites (tertiary alicyclic amines) is 1. The molecule has 32 heavy (non-hydrogen) atoms. The predicted molar refractivity (Wildman–Crippen MR) is 141 cm³/mol. The molecule has 3 aromatic rings. The number of fused-ring (bicyclic) bond motifs is 2. The zero-order chi connectivity index (χ0) is 20.9. The van der Waals surface area contributed by atoms with Crippen molar-refractivity contribution in [2.24, 2.45) is 0 Å². The molecule has 1 saturated heterocycles. The molecule has 0 spiro atoms. The molecule has 0 radical (unpaired) electrons. The lowest BCUT2D eigenvalue weighted by Gasteiger charge is -2.30. The lowest BCUT2D eigenvalue weighted by molar-refractivity contribution is 0.262. The van der Waals surface area contributed by atoms with E-state index in [4.69, 9.17) is 0 Å². The zero-order valence-electron chi connectivity index (χ0n) is 18.4. The summed E-state index contributed by atoms with van der Waals surface area (Å²) >= 11 is 0. The maximum atomic E-state index is 2.62. The van der Waals surface area contributed by atoms with Gasteiger partial charge in [0.25, 0.3) is 0 Å². The molecule has 1 aliphatic heterocycles. The number of piperidine rings is 1. The molecule has 0 saturated carbocycles. The minimum absolute atomic E-state index is 0. The maximum absolute atomic E-state index is 2.62. The summed E-state index contributed by atoms with van der Waals surface area (Å²) < 4.78 is 0. The molecule has 2 heteroatoms. The third-order valence-electron chi connectivity index (χ3n) is 6.44. The van der Waals surface area contributed by atoms with Gasteiger partial charge in [0.1, 0.15) is 0 Å². The summed E-state index contributed by atoms with van der Waals surface area (Å²) in [7, 11) is 0. The van der Waals surface area contributed by atoms with Crippen LogP contribution in [0, 0.1) is 0 Å². The molecule has 5 rings (SSSR count). The van der Waals surface area contributed by atoms with Crippen LogP contribution in [0.25, 0.3) is 23.8 Å². The fraction of sp³-hybridized carbons (Fsp3) is 0.200. The van der Waals surface area contributed by atoms with E-state index in [9.17, 15) is 0 Å². The van der Waals surface area contributed by atoms with Crippen LogP contribution in [-0.4, -0.2) is 24.5 Å². The van der Waals surface area contributed by atoms with E-state index in [0.717, 1.165) is 38.9 Å². The van der Waals surface area contributed by atoms with Gasteiger partial charge in [0, 0.05) is 19.6 Å². The first kappa shape index (κ1) is 22.3. The van der Waals surface area contributed by atoms with Crippen molar-refractivity contribution in [2.75, 3.05) is 19.6 Å². The molecular weight excluding hydrogens is 410 g/mol. The Morgan fingerprint density at radius 1 is 0.688 bits per heavy atom. The fourth-order valence-electron chi connectivity index (χ4n) is 4.78. The third kappa shape index (κ3) is 4.96. The van der Waals surface area contributed by atoms with Crippen LogP contribution in [0.5, 0.6) is 0 Å². The Morgan fingerprint density at radius 3 is 1.88 bits per heavy atom. The average Bonchev–Trinajstić information content (AvgIpc) is 3.00. The molecule has 0 amide bonds. The van der Waals surface area contributed by atoms with E-state index < -0.39 is 0 Å². The lowest BCUT2D eigenvalue weighted by Crippen LogP contribution is -2.31. The minimum Gasteiger partial charge on any atom is -0.302 e. The molecule has 0 bridgehead atoms. The van der Waals surface area contributed by atoms with Crippen molar-refractivity contribution in [3.63, 3.8) is 0 Å². The van der Waals surface area contributed by atoms with E-state index in [2.05, 4.69) is 108 Å². The van der Waals surface area contributed by atoms with Crippen LogP contribution < -0.4 is 0 Å². The zero-order valence-corrected chi connectivity index (χ0v) is 19.2. The Morgan fingerprint density at radius 2 is 1.25 bits per heavy atom.